The molecule has 1 aliphatic rings. The molecule has 2 aromatic heterocycles. The zero-order valence-electron chi connectivity index (χ0n) is 11.5. The fourth-order valence-corrected chi connectivity index (χ4v) is 3.06. The van der Waals surface area contributed by atoms with Gasteiger partial charge in [0.15, 0.2) is 5.65 Å². The van der Waals surface area contributed by atoms with Crippen molar-refractivity contribution in [2.24, 2.45) is 5.73 Å². The summed E-state index contributed by atoms with van der Waals surface area (Å²) in [5.41, 5.74) is 10.7. The summed E-state index contributed by atoms with van der Waals surface area (Å²) in [4.78, 5) is 3.34. The van der Waals surface area contributed by atoms with E-state index in [1.54, 1.807) is 12.1 Å². The predicted octanol–water partition coefficient (Wildman–Crippen LogP) is 2.15. The van der Waals surface area contributed by atoms with E-state index in [2.05, 4.69) is 15.2 Å². The van der Waals surface area contributed by atoms with Crippen LogP contribution in [0.15, 0.2) is 30.3 Å². The van der Waals surface area contributed by atoms with Gasteiger partial charge in [-0.15, -0.1) is 10.2 Å². The number of nitrogens with one attached hydrogen (secondary N) is 1. The van der Waals surface area contributed by atoms with Gasteiger partial charge in [0.2, 0.25) is 0 Å². The highest BCUT2D eigenvalue weighted by Crippen LogP contribution is 2.32. The number of H-pyrrole nitrogens is 1. The van der Waals surface area contributed by atoms with Gasteiger partial charge in [-0.3, -0.25) is 0 Å². The lowest BCUT2D eigenvalue weighted by Gasteiger charge is -2.17. The van der Waals surface area contributed by atoms with Crippen molar-refractivity contribution in [1.29, 1.82) is 0 Å². The number of aryl methyl sites for hydroxylation is 1. The van der Waals surface area contributed by atoms with Crippen LogP contribution in [0.25, 0.3) is 22.3 Å². The Hall–Kier alpha value is -2.40. The average molecular weight is 280 g/mol. The molecule has 5 nitrogen and oxygen atoms in total. The van der Waals surface area contributed by atoms with Crippen LogP contribution in [-0.2, 0) is 12.8 Å². The Balaban J connectivity index is 1.90. The zero-order valence-corrected chi connectivity index (χ0v) is 11.5. The van der Waals surface area contributed by atoms with Crippen molar-refractivity contribution in [2.75, 3.05) is 0 Å². The SMILES string of the molecule is NC1CCc2[nH]c3nnc(-c4ccccc4O)cc3c2C1. The van der Waals surface area contributed by atoms with E-state index in [1.165, 1.54) is 11.3 Å². The van der Waals surface area contributed by atoms with Gasteiger partial charge in [0.05, 0.1) is 5.69 Å². The summed E-state index contributed by atoms with van der Waals surface area (Å²) in [6.07, 6.45) is 2.82. The second-order valence-corrected chi connectivity index (χ2v) is 5.59. The molecule has 0 amide bonds. The Morgan fingerprint density at radius 3 is 2.95 bits per heavy atom. The van der Waals surface area contributed by atoms with E-state index in [-0.39, 0.29) is 11.8 Å². The van der Waals surface area contributed by atoms with Crippen LogP contribution in [0.5, 0.6) is 5.75 Å². The number of rotatable bonds is 1. The van der Waals surface area contributed by atoms with Crippen molar-refractivity contribution in [2.45, 2.75) is 25.3 Å². The maximum absolute atomic E-state index is 9.97. The second-order valence-electron chi connectivity index (χ2n) is 5.59. The van der Waals surface area contributed by atoms with Gasteiger partial charge < -0.3 is 15.8 Å². The van der Waals surface area contributed by atoms with E-state index in [1.807, 2.05) is 18.2 Å². The molecular weight excluding hydrogens is 264 g/mol. The molecule has 21 heavy (non-hydrogen) atoms. The number of phenolic OH excluding ortho intramolecular Hbond substituents is 1. The van der Waals surface area contributed by atoms with E-state index >= 15 is 0 Å². The Morgan fingerprint density at radius 2 is 2.10 bits per heavy atom. The molecule has 1 atom stereocenters. The first-order chi connectivity index (χ1) is 10.2. The number of phenols is 1. The first kappa shape index (κ1) is 12.3. The predicted molar refractivity (Wildman–Crippen MR) is 81.0 cm³/mol. The van der Waals surface area contributed by atoms with Crippen LogP contribution >= 0.6 is 0 Å². The van der Waals surface area contributed by atoms with E-state index in [0.717, 1.165) is 30.3 Å². The van der Waals surface area contributed by atoms with Gasteiger partial charge in [0.25, 0.3) is 0 Å². The van der Waals surface area contributed by atoms with Gasteiger partial charge in [0.1, 0.15) is 5.75 Å². The summed E-state index contributed by atoms with van der Waals surface area (Å²) in [7, 11) is 0. The highest BCUT2D eigenvalue weighted by atomic mass is 16.3. The molecule has 2 heterocycles. The van der Waals surface area contributed by atoms with Crippen molar-refractivity contribution in [3.63, 3.8) is 0 Å². The molecule has 106 valence electrons. The third kappa shape index (κ3) is 1.97. The van der Waals surface area contributed by atoms with Crippen molar-refractivity contribution in [3.05, 3.63) is 41.6 Å². The van der Waals surface area contributed by atoms with Crippen molar-refractivity contribution < 1.29 is 5.11 Å². The number of fused-ring (bicyclic) bond motifs is 3. The molecule has 0 saturated carbocycles. The van der Waals surface area contributed by atoms with Crippen LogP contribution in [0.3, 0.4) is 0 Å². The summed E-state index contributed by atoms with van der Waals surface area (Å²) < 4.78 is 0. The maximum atomic E-state index is 9.97. The number of benzene rings is 1. The molecule has 0 spiro atoms. The molecule has 1 aromatic carbocycles. The lowest BCUT2D eigenvalue weighted by Crippen LogP contribution is -2.27. The van der Waals surface area contributed by atoms with Gasteiger partial charge in [-0.2, -0.15) is 0 Å². The monoisotopic (exact) mass is 280 g/mol. The minimum Gasteiger partial charge on any atom is -0.507 e. The fourth-order valence-electron chi connectivity index (χ4n) is 3.06. The maximum Gasteiger partial charge on any atom is 0.160 e. The molecule has 0 saturated heterocycles. The van der Waals surface area contributed by atoms with Crippen molar-refractivity contribution in [1.82, 2.24) is 15.2 Å². The van der Waals surface area contributed by atoms with Crippen LogP contribution in [0.4, 0.5) is 0 Å². The molecule has 4 N–H and O–H groups in total. The molecule has 0 bridgehead atoms. The highest BCUT2D eigenvalue weighted by Gasteiger charge is 2.21. The summed E-state index contributed by atoms with van der Waals surface area (Å²) in [6.45, 7) is 0. The third-order valence-electron chi connectivity index (χ3n) is 4.16. The molecule has 0 aliphatic heterocycles. The minimum absolute atomic E-state index is 0.207. The van der Waals surface area contributed by atoms with Crippen LogP contribution in [-0.4, -0.2) is 26.3 Å². The molecule has 5 heteroatoms. The minimum atomic E-state index is 0.207. The Kier molecular flexibility index (Phi) is 2.68. The fraction of sp³-hybridized carbons (Fsp3) is 0.250. The summed E-state index contributed by atoms with van der Waals surface area (Å²) in [5, 5.41) is 19.5. The van der Waals surface area contributed by atoms with Gasteiger partial charge in [-0.1, -0.05) is 12.1 Å². The molecular formula is C16H16N4O. The molecule has 1 aliphatic carbocycles. The molecule has 3 aromatic rings. The number of aromatic amines is 1. The van der Waals surface area contributed by atoms with E-state index < -0.39 is 0 Å². The largest absolute Gasteiger partial charge is 0.507 e. The zero-order chi connectivity index (χ0) is 14.4. The standard InChI is InChI=1S/C16H16N4O/c17-9-5-6-13-11(7-9)12-8-14(19-20-16(12)18-13)10-3-1-2-4-15(10)21/h1-4,8-9,21H,5-7,17H2,(H,18,20). The molecule has 0 radical (unpaired) electrons. The quantitative estimate of drug-likeness (QED) is 0.637. The number of aromatic nitrogens is 3. The lowest BCUT2D eigenvalue weighted by atomic mass is 9.92. The Bertz CT molecular complexity index is 824. The normalized spacial score (nSPS) is 17.9. The molecule has 4 rings (SSSR count). The number of hydrogen-bond donors (Lipinski definition) is 3. The Morgan fingerprint density at radius 1 is 1.24 bits per heavy atom. The second kappa shape index (κ2) is 4.56. The van der Waals surface area contributed by atoms with Gasteiger partial charge >= 0.3 is 0 Å². The topological polar surface area (TPSA) is 87.8 Å². The Labute approximate surface area is 121 Å². The number of nitrogens with two attached hydrogens (primary N) is 1. The summed E-state index contributed by atoms with van der Waals surface area (Å²) in [6, 6.07) is 9.37. The van der Waals surface area contributed by atoms with Gasteiger partial charge in [-0.25, -0.2) is 0 Å². The number of nitrogens with zero attached hydrogens (tertiary/aromatic N) is 2. The van der Waals surface area contributed by atoms with Gasteiger partial charge in [-0.05, 0) is 43.0 Å². The molecule has 1 unspecified atom stereocenters. The van der Waals surface area contributed by atoms with E-state index in [0.29, 0.717) is 11.3 Å². The highest BCUT2D eigenvalue weighted by molar-refractivity contribution is 5.85. The average Bonchev–Trinajstić information content (AvgIpc) is 2.85. The summed E-state index contributed by atoms with van der Waals surface area (Å²) >= 11 is 0. The van der Waals surface area contributed by atoms with Crippen molar-refractivity contribution >= 4 is 11.0 Å². The van der Waals surface area contributed by atoms with E-state index in [4.69, 9.17) is 5.73 Å². The molecule has 0 fully saturated rings. The smallest absolute Gasteiger partial charge is 0.160 e. The van der Waals surface area contributed by atoms with Crippen LogP contribution < -0.4 is 5.73 Å². The number of para-hydroxylation sites is 1. The summed E-state index contributed by atoms with van der Waals surface area (Å²) in [5.74, 6) is 0.215. The number of hydrogen-bond acceptors (Lipinski definition) is 4. The van der Waals surface area contributed by atoms with Crippen LogP contribution in [0.1, 0.15) is 17.7 Å². The number of aromatic hydroxyl groups is 1. The first-order valence-corrected chi connectivity index (χ1v) is 7.13. The van der Waals surface area contributed by atoms with E-state index in [9.17, 15) is 5.11 Å². The van der Waals surface area contributed by atoms with Crippen LogP contribution in [0, 0.1) is 0 Å². The van der Waals surface area contributed by atoms with Gasteiger partial charge in [0, 0.05) is 22.7 Å². The van der Waals surface area contributed by atoms with Crippen LogP contribution in [0.2, 0.25) is 0 Å². The van der Waals surface area contributed by atoms with Crippen molar-refractivity contribution in [3.8, 4) is 17.0 Å². The third-order valence-corrected chi connectivity index (χ3v) is 4.16. The first-order valence-electron chi connectivity index (χ1n) is 7.13. The lowest BCUT2D eigenvalue weighted by molar-refractivity contribution is 0.477.